The van der Waals surface area contributed by atoms with E-state index >= 15 is 0 Å². The van der Waals surface area contributed by atoms with Crippen molar-refractivity contribution in [3.05, 3.63) is 29.8 Å². The molecule has 0 fully saturated rings. The fourth-order valence-electron chi connectivity index (χ4n) is 3.09. The van der Waals surface area contributed by atoms with Gasteiger partial charge in [0, 0.05) is 38.2 Å². The zero-order chi connectivity index (χ0) is 16.1. The van der Waals surface area contributed by atoms with Crippen molar-refractivity contribution in [2.75, 3.05) is 24.5 Å². The van der Waals surface area contributed by atoms with Crippen LogP contribution in [0.15, 0.2) is 24.3 Å². The zero-order valence-corrected chi connectivity index (χ0v) is 13.8. The predicted molar refractivity (Wildman–Crippen MR) is 89.0 cm³/mol. The van der Waals surface area contributed by atoms with Crippen molar-refractivity contribution in [2.24, 2.45) is 0 Å². The summed E-state index contributed by atoms with van der Waals surface area (Å²) in [7, 11) is 0. The number of para-hydroxylation sites is 1. The van der Waals surface area contributed by atoms with Gasteiger partial charge in [0.1, 0.15) is 0 Å². The van der Waals surface area contributed by atoms with Crippen LogP contribution in [-0.2, 0) is 9.59 Å². The lowest BCUT2D eigenvalue weighted by atomic mass is 9.91. The first-order valence-corrected chi connectivity index (χ1v) is 8.25. The molecule has 4 heteroatoms. The van der Waals surface area contributed by atoms with E-state index in [1.54, 1.807) is 4.90 Å². The van der Waals surface area contributed by atoms with Crippen LogP contribution in [0, 0.1) is 0 Å². The molecule has 22 heavy (non-hydrogen) atoms. The van der Waals surface area contributed by atoms with E-state index in [0.29, 0.717) is 25.4 Å². The lowest BCUT2D eigenvalue weighted by Crippen LogP contribution is -2.37. The molecule has 0 N–H and O–H groups in total. The van der Waals surface area contributed by atoms with E-state index in [4.69, 9.17) is 0 Å². The smallest absolute Gasteiger partial charge is 0.227 e. The third-order valence-corrected chi connectivity index (χ3v) is 4.51. The van der Waals surface area contributed by atoms with E-state index in [9.17, 15) is 9.59 Å². The Kier molecular flexibility index (Phi) is 5.58. The van der Waals surface area contributed by atoms with Gasteiger partial charge in [-0.3, -0.25) is 9.59 Å². The maximum Gasteiger partial charge on any atom is 0.227 e. The second-order valence-electron chi connectivity index (χ2n) is 5.86. The summed E-state index contributed by atoms with van der Waals surface area (Å²) in [6.45, 7) is 8.28. The van der Waals surface area contributed by atoms with Crippen LogP contribution in [0.3, 0.4) is 0 Å². The van der Waals surface area contributed by atoms with Crippen molar-refractivity contribution in [3.8, 4) is 0 Å². The van der Waals surface area contributed by atoms with E-state index in [0.717, 1.165) is 18.7 Å². The summed E-state index contributed by atoms with van der Waals surface area (Å²) in [5, 5.41) is 0. The maximum absolute atomic E-state index is 12.5. The van der Waals surface area contributed by atoms with Crippen LogP contribution in [-0.4, -0.2) is 36.3 Å². The van der Waals surface area contributed by atoms with Crippen molar-refractivity contribution < 1.29 is 9.59 Å². The van der Waals surface area contributed by atoms with Gasteiger partial charge >= 0.3 is 0 Å². The minimum atomic E-state index is 0.0554. The number of amides is 2. The van der Waals surface area contributed by atoms with Crippen LogP contribution in [0.1, 0.15) is 51.5 Å². The average Bonchev–Trinajstić information content (AvgIpc) is 2.54. The Balaban J connectivity index is 2.02. The van der Waals surface area contributed by atoms with E-state index in [-0.39, 0.29) is 18.2 Å². The van der Waals surface area contributed by atoms with Crippen LogP contribution in [0.4, 0.5) is 5.69 Å². The number of fused-ring (bicyclic) bond motifs is 1. The molecule has 1 atom stereocenters. The first kappa shape index (κ1) is 16.5. The third-order valence-electron chi connectivity index (χ3n) is 4.51. The number of carbonyl (C=O) groups is 2. The van der Waals surface area contributed by atoms with Crippen LogP contribution in [0.5, 0.6) is 0 Å². The molecular weight excluding hydrogens is 276 g/mol. The molecule has 2 rings (SSSR count). The quantitative estimate of drug-likeness (QED) is 0.838. The molecule has 1 aliphatic heterocycles. The molecule has 0 aromatic heterocycles. The first-order chi connectivity index (χ1) is 10.6. The molecule has 0 spiro atoms. The van der Waals surface area contributed by atoms with Gasteiger partial charge in [0.05, 0.1) is 0 Å². The van der Waals surface area contributed by atoms with Crippen molar-refractivity contribution in [1.82, 2.24) is 4.90 Å². The molecule has 0 unspecified atom stereocenters. The van der Waals surface area contributed by atoms with Gasteiger partial charge < -0.3 is 9.80 Å². The highest BCUT2D eigenvalue weighted by Gasteiger charge is 2.26. The first-order valence-electron chi connectivity index (χ1n) is 8.25. The molecule has 0 aliphatic carbocycles. The summed E-state index contributed by atoms with van der Waals surface area (Å²) in [6.07, 6.45) is 1.57. The van der Waals surface area contributed by atoms with Crippen LogP contribution >= 0.6 is 0 Å². The highest BCUT2D eigenvalue weighted by atomic mass is 16.2. The number of benzene rings is 1. The minimum absolute atomic E-state index is 0.0554. The van der Waals surface area contributed by atoms with E-state index in [1.807, 2.05) is 36.9 Å². The summed E-state index contributed by atoms with van der Waals surface area (Å²) < 4.78 is 0. The number of hydrogen-bond donors (Lipinski definition) is 0. The van der Waals surface area contributed by atoms with Crippen molar-refractivity contribution in [1.29, 1.82) is 0 Å². The molecule has 1 heterocycles. The van der Waals surface area contributed by atoms with Gasteiger partial charge in [-0.2, -0.15) is 0 Å². The molecule has 1 aromatic rings. The summed E-state index contributed by atoms with van der Waals surface area (Å²) in [4.78, 5) is 28.2. The highest BCUT2D eigenvalue weighted by Crippen LogP contribution is 2.35. The molecule has 2 amide bonds. The Labute approximate surface area is 133 Å². The van der Waals surface area contributed by atoms with Crippen molar-refractivity contribution in [2.45, 2.75) is 46.0 Å². The van der Waals surface area contributed by atoms with Gasteiger partial charge in [0.15, 0.2) is 0 Å². The van der Waals surface area contributed by atoms with Crippen LogP contribution in [0.25, 0.3) is 0 Å². The van der Waals surface area contributed by atoms with Gasteiger partial charge in [-0.15, -0.1) is 0 Å². The summed E-state index contributed by atoms with van der Waals surface area (Å²) >= 11 is 0. The van der Waals surface area contributed by atoms with Gasteiger partial charge in [0.2, 0.25) is 11.8 Å². The molecule has 1 aliphatic rings. The lowest BCUT2D eigenvalue weighted by molar-refractivity contribution is -0.132. The molecule has 0 bridgehead atoms. The average molecular weight is 302 g/mol. The van der Waals surface area contributed by atoms with Crippen molar-refractivity contribution in [3.63, 3.8) is 0 Å². The lowest BCUT2D eigenvalue weighted by Gasteiger charge is -2.33. The fraction of sp³-hybridized carbons (Fsp3) is 0.556. The van der Waals surface area contributed by atoms with Gasteiger partial charge in [-0.25, -0.2) is 0 Å². The number of anilines is 1. The monoisotopic (exact) mass is 302 g/mol. The largest absolute Gasteiger partial charge is 0.343 e. The topological polar surface area (TPSA) is 40.6 Å². The summed E-state index contributed by atoms with van der Waals surface area (Å²) in [5.41, 5.74) is 2.25. The van der Waals surface area contributed by atoms with Crippen molar-refractivity contribution >= 4 is 17.5 Å². The number of rotatable bonds is 5. The summed E-state index contributed by atoms with van der Waals surface area (Å²) in [5.74, 6) is 0.606. The molecular formula is C18H26N2O2. The molecule has 1 aromatic carbocycles. The molecule has 120 valence electrons. The fourth-order valence-corrected chi connectivity index (χ4v) is 3.09. The SMILES string of the molecule is CCN(CC)C(=O)CCC(=O)N1CC[C@@H](C)c2ccccc21. The Morgan fingerprint density at radius 2 is 1.86 bits per heavy atom. The van der Waals surface area contributed by atoms with E-state index in [1.165, 1.54) is 5.56 Å². The highest BCUT2D eigenvalue weighted by molar-refractivity contribution is 5.96. The Morgan fingerprint density at radius 3 is 2.55 bits per heavy atom. The molecule has 0 radical (unpaired) electrons. The minimum Gasteiger partial charge on any atom is -0.343 e. The normalized spacial score (nSPS) is 17.0. The third kappa shape index (κ3) is 3.49. The predicted octanol–water partition coefficient (Wildman–Crippen LogP) is 3.18. The summed E-state index contributed by atoms with van der Waals surface area (Å²) in [6, 6.07) is 8.10. The Hall–Kier alpha value is -1.84. The van der Waals surface area contributed by atoms with Crippen LogP contribution < -0.4 is 4.90 Å². The second kappa shape index (κ2) is 7.43. The Bertz CT molecular complexity index is 538. The Morgan fingerprint density at radius 1 is 1.18 bits per heavy atom. The molecule has 0 saturated carbocycles. The van der Waals surface area contributed by atoms with Gasteiger partial charge in [0.25, 0.3) is 0 Å². The maximum atomic E-state index is 12.5. The van der Waals surface area contributed by atoms with Crippen LogP contribution in [0.2, 0.25) is 0 Å². The number of carbonyl (C=O) groups excluding carboxylic acids is 2. The molecule has 0 saturated heterocycles. The number of nitrogens with zero attached hydrogens (tertiary/aromatic N) is 2. The van der Waals surface area contributed by atoms with Gasteiger partial charge in [-0.05, 0) is 37.8 Å². The number of hydrogen-bond acceptors (Lipinski definition) is 2. The van der Waals surface area contributed by atoms with E-state index < -0.39 is 0 Å². The van der Waals surface area contributed by atoms with E-state index in [2.05, 4.69) is 13.0 Å². The standard InChI is InChI=1S/C18H26N2O2/c1-4-19(5-2)17(21)10-11-18(22)20-13-12-14(3)15-8-6-7-9-16(15)20/h6-9,14H,4-5,10-13H2,1-3H3/t14-/m1/s1. The van der Waals surface area contributed by atoms with Gasteiger partial charge in [-0.1, -0.05) is 25.1 Å². The molecule has 4 nitrogen and oxygen atoms in total. The second-order valence-corrected chi connectivity index (χ2v) is 5.86. The zero-order valence-electron chi connectivity index (χ0n) is 13.8.